The summed E-state index contributed by atoms with van der Waals surface area (Å²) in [5.41, 5.74) is 4.08. The number of aryl methyl sites for hydroxylation is 2. The highest BCUT2D eigenvalue weighted by Gasteiger charge is 1.98. The van der Waals surface area contributed by atoms with Crippen molar-refractivity contribution in [3.8, 4) is 0 Å². The number of hydrogen-bond acceptors (Lipinski definition) is 1. The summed E-state index contributed by atoms with van der Waals surface area (Å²) in [7, 11) is 0. The van der Waals surface area contributed by atoms with Gasteiger partial charge >= 0.3 is 0 Å². The van der Waals surface area contributed by atoms with Gasteiger partial charge in [-0.05, 0) is 36.6 Å². The third kappa shape index (κ3) is 3.21. The van der Waals surface area contributed by atoms with E-state index in [1.165, 1.54) is 16.7 Å². The number of hydrogen-bond donors (Lipinski definition) is 1. The summed E-state index contributed by atoms with van der Waals surface area (Å²) in [5, 5.41) is 3.48. The first-order valence-corrected chi connectivity index (χ1v) is 6.19. The van der Waals surface area contributed by atoms with Crippen LogP contribution in [0.1, 0.15) is 23.6 Å². The first-order valence-electron chi connectivity index (χ1n) is 6.19. The second-order valence-electron chi connectivity index (χ2n) is 4.38. The van der Waals surface area contributed by atoms with Crippen LogP contribution in [0, 0.1) is 6.92 Å². The van der Waals surface area contributed by atoms with Crippen LogP contribution in [-0.2, 0) is 19.6 Å². The van der Waals surface area contributed by atoms with E-state index in [0.29, 0.717) is 0 Å². The summed E-state index contributed by atoms with van der Waals surface area (Å²) in [6.45, 7) is 7.22. The SMILES string of the molecule is CCn1ccc(CNCc2ccccc2C)c1. The van der Waals surface area contributed by atoms with Crippen LogP contribution in [0.4, 0.5) is 0 Å². The van der Waals surface area contributed by atoms with Crippen LogP contribution in [0.3, 0.4) is 0 Å². The summed E-state index contributed by atoms with van der Waals surface area (Å²) < 4.78 is 2.20. The summed E-state index contributed by atoms with van der Waals surface area (Å²) >= 11 is 0. The number of benzene rings is 1. The van der Waals surface area contributed by atoms with Gasteiger partial charge in [-0.15, -0.1) is 0 Å². The first-order chi connectivity index (χ1) is 8.29. The molecule has 0 saturated heterocycles. The van der Waals surface area contributed by atoms with Gasteiger partial charge in [-0.2, -0.15) is 0 Å². The highest BCUT2D eigenvalue weighted by Crippen LogP contribution is 2.07. The molecule has 2 rings (SSSR count). The standard InChI is InChI=1S/C15H20N2/c1-3-17-9-8-14(12-17)10-16-11-15-7-5-4-6-13(15)2/h4-9,12,16H,3,10-11H2,1-2H3. The van der Waals surface area contributed by atoms with Gasteiger partial charge in [0.15, 0.2) is 0 Å². The van der Waals surface area contributed by atoms with Gasteiger partial charge in [0, 0.05) is 32.0 Å². The summed E-state index contributed by atoms with van der Waals surface area (Å²) in [4.78, 5) is 0. The molecule has 0 saturated carbocycles. The summed E-state index contributed by atoms with van der Waals surface area (Å²) in [6.07, 6.45) is 4.33. The van der Waals surface area contributed by atoms with Gasteiger partial charge in [0.2, 0.25) is 0 Å². The Morgan fingerprint density at radius 2 is 1.94 bits per heavy atom. The molecule has 0 unspecified atom stereocenters. The van der Waals surface area contributed by atoms with Crippen molar-refractivity contribution >= 4 is 0 Å². The number of aromatic nitrogens is 1. The Bertz CT molecular complexity index is 471. The molecule has 0 aliphatic carbocycles. The molecule has 0 spiro atoms. The van der Waals surface area contributed by atoms with Gasteiger partial charge in [0.05, 0.1) is 0 Å². The maximum atomic E-state index is 3.48. The maximum Gasteiger partial charge on any atom is 0.0223 e. The minimum absolute atomic E-state index is 0.932. The zero-order chi connectivity index (χ0) is 12.1. The third-order valence-corrected chi connectivity index (χ3v) is 3.08. The lowest BCUT2D eigenvalue weighted by atomic mass is 10.1. The Balaban J connectivity index is 1.85. The van der Waals surface area contributed by atoms with Crippen molar-refractivity contribution in [1.82, 2.24) is 9.88 Å². The van der Waals surface area contributed by atoms with E-state index in [1.54, 1.807) is 0 Å². The van der Waals surface area contributed by atoms with E-state index in [9.17, 15) is 0 Å². The van der Waals surface area contributed by atoms with Crippen LogP contribution in [0.5, 0.6) is 0 Å². The van der Waals surface area contributed by atoms with E-state index in [0.717, 1.165) is 19.6 Å². The predicted molar refractivity (Wildman–Crippen MR) is 71.8 cm³/mol. The van der Waals surface area contributed by atoms with Crippen LogP contribution in [0.25, 0.3) is 0 Å². The second kappa shape index (κ2) is 5.69. The van der Waals surface area contributed by atoms with Crippen LogP contribution in [-0.4, -0.2) is 4.57 Å². The predicted octanol–water partition coefficient (Wildman–Crippen LogP) is 3.11. The molecule has 90 valence electrons. The fourth-order valence-corrected chi connectivity index (χ4v) is 1.94. The molecule has 2 heteroatoms. The topological polar surface area (TPSA) is 17.0 Å². The quantitative estimate of drug-likeness (QED) is 0.832. The lowest BCUT2D eigenvalue weighted by Crippen LogP contribution is -2.13. The Labute approximate surface area is 103 Å². The molecule has 2 nitrogen and oxygen atoms in total. The number of nitrogens with one attached hydrogen (secondary N) is 1. The zero-order valence-electron chi connectivity index (χ0n) is 10.6. The lowest BCUT2D eigenvalue weighted by molar-refractivity contribution is 0.686. The van der Waals surface area contributed by atoms with Crippen LogP contribution < -0.4 is 5.32 Å². The van der Waals surface area contributed by atoms with Gasteiger partial charge in [-0.3, -0.25) is 0 Å². The Kier molecular flexibility index (Phi) is 3.99. The van der Waals surface area contributed by atoms with Gasteiger partial charge in [-0.25, -0.2) is 0 Å². The van der Waals surface area contributed by atoms with Gasteiger partial charge in [0.25, 0.3) is 0 Å². The van der Waals surface area contributed by atoms with Crippen molar-refractivity contribution < 1.29 is 0 Å². The average Bonchev–Trinajstić information content (AvgIpc) is 2.80. The monoisotopic (exact) mass is 228 g/mol. The minimum atomic E-state index is 0.932. The molecule has 0 fully saturated rings. The van der Waals surface area contributed by atoms with Crippen molar-refractivity contribution in [2.45, 2.75) is 33.5 Å². The van der Waals surface area contributed by atoms with Gasteiger partial charge in [0.1, 0.15) is 0 Å². The van der Waals surface area contributed by atoms with Crippen LogP contribution >= 0.6 is 0 Å². The first kappa shape index (κ1) is 11.9. The van der Waals surface area contributed by atoms with E-state index in [4.69, 9.17) is 0 Å². The summed E-state index contributed by atoms with van der Waals surface area (Å²) in [6, 6.07) is 10.7. The van der Waals surface area contributed by atoms with E-state index in [1.807, 2.05) is 0 Å². The molecule has 0 aliphatic heterocycles. The van der Waals surface area contributed by atoms with Crippen LogP contribution in [0.15, 0.2) is 42.7 Å². The maximum absolute atomic E-state index is 3.48. The largest absolute Gasteiger partial charge is 0.354 e. The Morgan fingerprint density at radius 3 is 2.65 bits per heavy atom. The lowest BCUT2D eigenvalue weighted by Gasteiger charge is -2.06. The molecule has 0 aliphatic rings. The molecule has 1 heterocycles. The minimum Gasteiger partial charge on any atom is -0.354 e. The number of rotatable bonds is 5. The molecule has 0 atom stereocenters. The zero-order valence-corrected chi connectivity index (χ0v) is 10.6. The van der Waals surface area contributed by atoms with Crippen LogP contribution in [0.2, 0.25) is 0 Å². The molecule has 1 N–H and O–H groups in total. The van der Waals surface area contributed by atoms with E-state index in [2.05, 4.69) is 66.5 Å². The third-order valence-electron chi connectivity index (χ3n) is 3.08. The molecule has 0 bridgehead atoms. The Hall–Kier alpha value is -1.54. The molecule has 0 amide bonds. The number of nitrogens with zero attached hydrogens (tertiary/aromatic N) is 1. The second-order valence-corrected chi connectivity index (χ2v) is 4.38. The highest BCUT2D eigenvalue weighted by molar-refractivity contribution is 5.25. The molecule has 17 heavy (non-hydrogen) atoms. The molecular weight excluding hydrogens is 208 g/mol. The van der Waals surface area contributed by atoms with Crippen molar-refractivity contribution in [1.29, 1.82) is 0 Å². The molecule has 1 aromatic carbocycles. The molecule has 0 radical (unpaired) electrons. The Morgan fingerprint density at radius 1 is 1.12 bits per heavy atom. The fraction of sp³-hybridized carbons (Fsp3) is 0.333. The van der Waals surface area contributed by atoms with E-state index in [-0.39, 0.29) is 0 Å². The van der Waals surface area contributed by atoms with Crippen molar-refractivity contribution in [2.24, 2.45) is 0 Å². The van der Waals surface area contributed by atoms with Crippen molar-refractivity contribution in [2.75, 3.05) is 0 Å². The average molecular weight is 228 g/mol. The molecule has 2 aromatic rings. The van der Waals surface area contributed by atoms with Gasteiger partial charge < -0.3 is 9.88 Å². The normalized spacial score (nSPS) is 10.7. The molecular formula is C15H20N2. The summed E-state index contributed by atoms with van der Waals surface area (Å²) in [5.74, 6) is 0. The van der Waals surface area contributed by atoms with E-state index >= 15 is 0 Å². The highest BCUT2D eigenvalue weighted by atomic mass is 14.9. The van der Waals surface area contributed by atoms with Gasteiger partial charge in [-0.1, -0.05) is 24.3 Å². The van der Waals surface area contributed by atoms with E-state index < -0.39 is 0 Å². The molecule has 1 aromatic heterocycles. The fourth-order valence-electron chi connectivity index (χ4n) is 1.94. The van der Waals surface area contributed by atoms with Crippen molar-refractivity contribution in [3.63, 3.8) is 0 Å². The van der Waals surface area contributed by atoms with Crippen molar-refractivity contribution in [3.05, 3.63) is 59.4 Å². The smallest absolute Gasteiger partial charge is 0.0223 e.